The molecule has 0 unspecified atom stereocenters. The number of ether oxygens (including phenoxy) is 1. The number of nitrogens with one attached hydrogen (secondary N) is 2. The Morgan fingerprint density at radius 3 is 2.54 bits per heavy atom. The number of anilines is 1. The van der Waals surface area contributed by atoms with Crippen LogP contribution in [0.15, 0.2) is 12.1 Å². The maximum Gasteiger partial charge on any atom is 0.238 e. The zero-order chi connectivity index (χ0) is 20.9. The Morgan fingerprint density at radius 2 is 1.96 bits per heavy atom. The van der Waals surface area contributed by atoms with Crippen molar-refractivity contribution < 1.29 is 22.7 Å². The zero-order valence-corrected chi connectivity index (χ0v) is 17.8. The second-order valence-corrected chi connectivity index (χ2v) is 9.46. The molecular formula is C18H26ClN3O5S. The molecule has 0 bridgehead atoms. The van der Waals surface area contributed by atoms with Crippen molar-refractivity contribution in [2.75, 3.05) is 43.6 Å². The lowest BCUT2D eigenvalue weighted by atomic mass is 10.2. The Bertz CT molecular complexity index is 844. The van der Waals surface area contributed by atoms with E-state index in [4.69, 9.17) is 16.3 Å². The van der Waals surface area contributed by atoms with Gasteiger partial charge in [0, 0.05) is 17.1 Å². The van der Waals surface area contributed by atoms with Crippen molar-refractivity contribution in [1.29, 1.82) is 0 Å². The number of rotatable bonds is 8. The fourth-order valence-electron chi connectivity index (χ4n) is 2.99. The van der Waals surface area contributed by atoms with Crippen molar-refractivity contribution in [3.63, 3.8) is 0 Å². The molecule has 28 heavy (non-hydrogen) atoms. The highest BCUT2D eigenvalue weighted by molar-refractivity contribution is 7.91. The highest BCUT2D eigenvalue weighted by Crippen LogP contribution is 2.30. The molecule has 156 valence electrons. The Labute approximate surface area is 170 Å². The van der Waals surface area contributed by atoms with Gasteiger partial charge in [-0.05, 0) is 31.5 Å². The van der Waals surface area contributed by atoms with Gasteiger partial charge in [0.25, 0.3) is 0 Å². The van der Waals surface area contributed by atoms with Gasteiger partial charge in [0.2, 0.25) is 11.8 Å². The second kappa shape index (κ2) is 9.58. The summed E-state index contributed by atoms with van der Waals surface area (Å²) in [4.78, 5) is 26.3. The largest absolute Gasteiger partial charge is 0.495 e. The minimum Gasteiger partial charge on any atom is -0.495 e. The SMILES string of the molecule is CCN(CC(=O)Nc1cc(C)c(Cl)cc1OC)CC(=O)N[C@H]1CCS(=O)(=O)C1. The number of carbonyl (C=O) groups excluding carboxylic acids is 2. The van der Waals surface area contributed by atoms with E-state index in [2.05, 4.69) is 10.6 Å². The van der Waals surface area contributed by atoms with Crippen molar-refractivity contribution in [2.45, 2.75) is 26.3 Å². The Balaban J connectivity index is 1.91. The molecule has 0 radical (unpaired) electrons. The summed E-state index contributed by atoms with van der Waals surface area (Å²) in [5.74, 6) is -0.0664. The molecule has 1 fully saturated rings. The predicted octanol–water partition coefficient (Wildman–Crippen LogP) is 1.22. The highest BCUT2D eigenvalue weighted by atomic mass is 35.5. The van der Waals surface area contributed by atoms with Crippen molar-refractivity contribution in [3.05, 3.63) is 22.7 Å². The van der Waals surface area contributed by atoms with E-state index in [-0.39, 0.29) is 42.5 Å². The van der Waals surface area contributed by atoms with E-state index in [0.717, 1.165) is 5.56 Å². The number of hydrogen-bond donors (Lipinski definition) is 2. The molecule has 0 saturated carbocycles. The van der Waals surface area contributed by atoms with Crippen LogP contribution >= 0.6 is 11.6 Å². The van der Waals surface area contributed by atoms with Gasteiger partial charge in [-0.1, -0.05) is 18.5 Å². The van der Waals surface area contributed by atoms with E-state index < -0.39 is 9.84 Å². The molecule has 1 heterocycles. The van der Waals surface area contributed by atoms with Crippen molar-refractivity contribution in [2.24, 2.45) is 0 Å². The lowest BCUT2D eigenvalue weighted by molar-refractivity contribution is -0.123. The first-order valence-corrected chi connectivity index (χ1v) is 11.2. The third-order valence-corrected chi connectivity index (χ3v) is 6.71. The molecule has 2 amide bonds. The quantitative estimate of drug-likeness (QED) is 0.641. The first-order chi connectivity index (χ1) is 13.1. The number of aryl methyl sites for hydroxylation is 1. The summed E-state index contributed by atoms with van der Waals surface area (Å²) in [6, 6.07) is 3.00. The van der Waals surface area contributed by atoms with Gasteiger partial charge in [-0.2, -0.15) is 0 Å². The lowest BCUT2D eigenvalue weighted by Gasteiger charge is -2.21. The van der Waals surface area contributed by atoms with E-state index in [1.54, 1.807) is 17.0 Å². The maximum absolute atomic E-state index is 12.4. The Kier molecular flexibility index (Phi) is 7.68. The molecule has 0 aliphatic carbocycles. The van der Waals surface area contributed by atoms with Crippen LogP contribution in [0.25, 0.3) is 0 Å². The molecule has 10 heteroatoms. The van der Waals surface area contributed by atoms with E-state index >= 15 is 0 Å². The molecule has 1 aliphatic heterocycles. The summed E-state index contributed by atoms with van der Waals surface area (Å²) in [5.41, 5.74) is 1.31. The number of carbonyl (C=O) groups is 2. The van der Waals surface area contributed by atoms with E-state index in [1.807, 2.05) is 13.8 Å². The summed E-state index contributed by atoms with van der Waals surface area (Å²) in [6.45, 7) is 4.17. The number of amides is 2. The van der Waals surface area contributed by atoms with Crippen LogP contribution < -0.4 is 15.4 Å². The van der Waals surface area contributed by atoms with Gasteiger partial charge in [-0.25, -0.2) is 8.42 Å². The van der Waals surface area contributed by atoms with Crippen LogP contribution in [0.3, 0.4) is 0 Å². The third-order valence-electron chi connectivity index (χ3n) is 4.53. The number of nitrogens with zero attached hydrogens (tertiary/aromatic N) is 1. The first-order valence-electron chi connectivity index (χ1n) is 8.99. The number of hydrogen-bond acceptors (Lipinski definition) is 6. The monoisotopic (exact) mass is 431 g/mol. The van der Waals surface area contributed by atoms with Gasteiger partial charge in [0.1, 0.15) is 5.75 Å². The minimum atomic E-state index is -3.06. The second-order valence-electron chi connectivity index (χ2n) is 6.82. The Hall–Kier alpha value is -1.84. The van der Waals surface area contributed by atoms with E-state index in [0.29, 0.717) is 29.4 Å². The summed E-state index contributed by atoms with van der Waals surface area (Å²) < 4.78 is 28.2. The van der Waals surface area contributed by atoms with Gasteiger partial charge < -0.3 is 15.4 Å². The van der Waals surface area contributed by atoms with Crippen molar-refractivity contribution in [1.82, 2.24) is 10.2 Å². The van der Waals surface area contributed by atoms with Gasteiger partial charge in [0.15, 0.2) is 9.84 Å². The number of halogens is 1. The molecule has 0 aromatic heterocycles. The average Bonchev–Trinajstić information content (AvgIpc) is 2.95. The topological polar surface area (TPSA) is 105 Å². The van der Waals surface area contributed by atoms with Crippen LogP contribution in [0, 0.1) is 6.92 Å². The van der Waals surface area contributed by atoms with Crippen LogP contribution in [0.2, 0.25) is 5.02 Å². The maximum atomic E-state index is 12.4. The predicted molar refractivity (Wildman–Crippen MR) is 109 cm³/mol. The standard InChI is InChI=1S/C18H26ClN3O5S/c1-4-22(9-17(23)20-13-5-6-28(25,26)11-13)10-18(24)21-15-7-12(2)14(19)8-16(15)27-3/h7-8,13H,4-6,9-11H2,1-3H3,(H,20,23)(H,21,24)/t13-/m0/s1. The molecule has 1 atom stereocenters. The summed E-state index contributed by atoms with van der Waals surface area (Å²) in [5, 5.41) is 6.04. The van der Waals surface area contributed by atoms with Crippen LogP contribution in [-0.4, -0.2) is 69.4 Å². The molecule has 0 spiro atoms. The van der Waals surface area contributed by atoms with Crippen molar-refractivity contribution in [3.8, 4) is 5.75 Å². The van der Waals surface area contributed by atoms with Gasteiger partial charge in [-0.15, -0.1) is 0 Å². The summed E-state index contributed by atoms with van der Waals surface area (Å²) in [7, 11) is -1.57. The van der Waals surface area contributed by atoms with Gasteiger partial charge >= 0.3 is 0 Å². The molecule has 1 aromatic rings. The minimum absolute atomic E-state index is 0.0112. The molecule has 1 aliphatic rings. The molecule has 8 nitrogen and oxygen atoms in total. The third kappa shape index (κ3) is 6.35. The average molecular weight is 432 g/mol. The number of likely N-dealkylation sites (N-methyl/N-ethyl adjacent to an activating group) is 1. The number of sulfone groups is 1. The molecular weight excluding hydrogens is 406 g/mol. The number of benzene rings is 1. The van der Waals surface area contributed by atoms with E-state index in [9.17, 15) is 18.0 Å². The summed E-state index contributed by atoms with van der Waals surface area (Å²) in [6.07, 6.45) is 0.427. The van der Waals surface area contributed by atoms with Crippen LogP contribution in [0.5, 0.6) is 5.75 Å². The normalized spacial score (nSPS) is 18.1. The fourth-order valence-corrected chi connectivity index (χ4v) is 4.81. The summed E-state index contributed by atoms with van der Waals surface area (Å²) >= 11 is 6.07. The highest BCUT2D eigenvalue weighted by Gasteiger charge is 2.29. The van der Waals surface area contributed by atoms with Gasteiger partial charge in [-0.3, -0.25) is 14.5 Å². The lowest BCUT2D eigenvalue weighted by Crippen LogP contribution is -2.44. The van der Waals surface area contributed by atoms with E-state index in [1.165, 1.54) is 7.11 Å². The molecule has 2 rings (SSSR count). The molecule has 2 N–H and O–H groups in total. The molecule has 1 saturated heterocycles. The molecule has 1 aromatic carbocycles. The van der Waals surface area contributed by atoms with Crippen LogP contribution in [-0.2, 0) is 19.4 Å². The fraction of sp³-hybridized carbons (Fsp3) is 0.556. The van der Waals surface area contributed by atoms with Gasteiger partial charge in [0.05, 0.1) is 37.4 Å². The smallest absolute Gasteiger partial charge is 0.238 e. The first kappa shape index (κ1) is 22.4. The number of methoxy groups -OCH3 is 1. The van der Waals surface area contributed by atoms with Crippen molar-refractivity contribution >= 4 is 38.9 Å². The van der Waals surface area contributed by atoms with Crippen LogP contribution in [0.1, 0.15) is 18.9 Å². The van der Waals surface area contributed by atoms with Crippen LogP contribution in [0.4, 0.5) is 5.69 Å². The zero-order valence-electron chi connectivity index (χ0n) is 16.2. The Morgan fingerprint density at radius 1 is 1.29 bits per heavy atom.